The summed E-state index contributed by atoms with van der Waals surface area (Å²) in [7, 11) is 0. The molecule has 0 atom stereocenters. The van der Waals surface area contributed by atoms with Crippen molar-refractivity contribution in [1.82, 2.24) is 14.8 Å². The van der Waals surface area contributed by atoms with Crippen molar-refractivity contribution < 1.29 is 9.59 Å². The lowest BCUT2D eigenvalue weighted by atomic mass is 10.1. The van der Waals surface area contributed by atoms with Crippen molar-refractivity contribution in [3.8, 4) is 11.3 Å². The molecule has 126 valence electrons. The third-order valence-electron chi connectivity index (χ3n) is 4.56. The summed E-state index contributed by atoms with van der Waals surface area (Å²) in [6.07, 6.45) is 0. The first-order chi connectivity index (χ1) is 12.2. The van der Waals surface area contributed by atoms with Crippen LogP contribution in [0.5, 0.6) is 0 Å². The fourth-order valence-corrected chi connectivity index (χ4v) is 3.32. The van der Waals surface area contributed by atoms with Gasteiger partial charge >= 0.3 is 0 Å². The maximum atomic E-state index is 12.8. The molecule has 0 spiro atoms. The van der Waals surface area contributed by atoms with Crippen molar-refractivity contribution in [2.45, 2.75) is 6.54 Å². The van der Waals surface area contributed by atoms with Crippen LogP contribution >= 0.6 is 0 Å². The topological polar surface area (TPSA) is 54.3 Å². The monoisotopic (exact) mass is 333 g/mol. The Balaban J connectivity index is 1.72. The number of piperazine rings is 1. The molecule has 4 rings (SSSR count). The molecule has 2 amide bonds. The number of carbonyl (C=O) groups excluding carboxylic acids is 2. The fraction of sp³-hybridized carbons (Fsp3) is 0.200. The van der Waals surface area contributed by atoms with Crippen molar-refractivity contribution in [2.24, 2.45) is 0 Å². The van der Waals surface area contributed by atoms with Gasteiger partial charge in [-0.25, -0.2) is 0 Å². The van der Waals surface area contributed by atoms with E-state index in [4.69, 9.17) is 0 Å². The van der Waals surface area contributed by atoms with E-state index >= 15 is 0 Å². The van der Waals surface area contributed by atoms with E-state index < -0.39 is 0 Å². The predicted molar refractivity (Wildman–Crippen MR) is 97.0 cm³/mol. The molecule has 1 fully saturated rings. The van der Waals surface area contributed by atoms with E-state index in [1.165, 1.54) is 0 Å². The molecule has 1 N–H and O–H groups in total. The number of fused-ring (bicyclic) bond motifs is 1. The van der Waals surface area contributed by atoms with E-state index in [-0.39, 0.29) is 24.9 Å². The lowest BCUT2D eigenvalue weighted by molar-refractivity contribution is -0.138. The fourth-order valence-electron chi connectivity index (χ4n) is 3.32. The van der Waals surface area contributed by atoms with E-state index in [1.54, 1.807) is 4.90 Å². The second-order valence-corrected chi connectivity index (χ2v) is 6.21. The lowest BCUT2D eigenvalue weighted by Gasteiger charge is -2.27. The summed E-state index contributed by atoms with van der Waals surface area (Å²) in [4.78, 5) is 26.0. The van der Waals surface area contributed by atoms with E-state index in [2.05, 4.69) is 17.4 Å². The molecule has 1 aliphatic rings. The number of para-hydroxylation sites is 1. The summed E-state index contributed by atoms with van der Waals surface area (Å²) in [6, 6.07) is 20.2. The highest BCUT2D eigenvalue weighted by Crippen LogP contribution is 2.28. The molecule has 1 saturated heterocycles. The van der Waals surface area contributed by atoms with Crippen LogP contribution in [0.4, 0.5) is 0 Å². The maximum Gasteiger partial charge on any atom is 0.243 e. The van der Waals surface area contributed by atoms with Gasteiger partial charge in [0.05, 0.1) is 6.54 Å². The predicted octanol–water partition coefficient (Wildman–Crippen LogP) is 2.27. The summed E-state index contributed by atoms with van der Waals surface area (Å²) in [6.45, 7) is 1.44. The molecular weight excluding hydrogens is 314 g/mol. The largest absolute Gasteiger partial charge is 0.353 e. The van der Waals surface area contributed by atoms with Gasteiger partial charge in [-0.15, -0.1) is 0 Å². The van der Waals surface area contributed by atoms with Gasteiger partial charge in [0.1, 0.15) is 6.54 Å². The highest BCUT2D eigenvalue weighted by Gasteiger charge is 2.22. The highest BCUT2D eigenvalue weighted by atomic mass is 16.2. The zero-order valence-electron chi connectivity index (χ0n) is 13.8. The molecule has 25 heavy (non-hydrogen) atoms. The van der Waals surface area contributed by atoms with Gasteiger partial charge in [-0.05, 0) is 17.7 Å². The zero-order chi connectivity index (χ0) is 17.2. The quantitative estimate of drug-likeness (QED) is 0.799. The SMILES string of the molecule is O=C1CN(C(=O)Cn2c(-c3ccccc3)cc3ccccc32)CCN1. The second kappa shape index (κ2) is 6.43. The number of hydrogen-bond acceptors (Lipinski definition) is 2. The molecule has 1 aromatic heterocycles. The number of aromatic nitrogens is 1. The number of rotatable bonds is 3. The van der Waals surface area contributed by atoms with Crippen LogP contribution in [-0.4, -0.2) is 40.9 Å². The Morgan fingerprint density at radius 1 is 1.04 bits per heavy atom. The van der Waals surface area contributed by atoms with Crippen molar-refractivity contribution >= 4 is 22.7 Å². The molecule has 0 bridgehead atoms. The Morgan fingerprint density at radius 3 is 2.60 bits per heavy atom. The first-order valence-corrected chi connectivity index (χ1v) is 8.40. The third kappa shape index (κ3) is 3.01. The summed E-state index contributed by atoms with van der Waals surface area (Å²) >= 11 is 0. The van der Waals surface area contributed by atoms with E-state index in [9.17, 15) is 9.59 Å². The molecule has 5 nitrogen and oxygen atoms in total. The normalized spacial score (nSPS) is 14.6. The Kier molecular flexibility index (Phi) is 3.98. The van der Waals surface area contributed by atoms with Crippen molar-refractivity contribution in [2.75, 3.05) is 19.6 Å². The highest BCUT2D eigenvalue weighted by molar-refractivity contribution is 5.90. The Morgan fingerprint density at radius 2 is 1.80 bits per heavy atom. The van der Waals surface area contributed by atoms with Gasteiger partial charge in [-0.3, -0.25) is 9.59 Å². The van der Waals surface area contributed by atoms with Gasteiger partial charge in [0.2, 0.25) is 11.8 Å². The van der Waals surface area contributed by atoms with E-state index in [0.29, 0.717) is 13.1 Å². The second-order valence-electron chi connectivity index (χ2n) is 6.21. The minimum atomic E-state index is -0.0970. The third-order valence-corrected chi connectivity index (χ3v) is 4.56. The minimum absolute atomic E-state index is 0.0339. The van der Waals surface area contributed by atoms with Gasteiger partial charge in [0, 0.05) is 29.7 Å². The van der Waals surface area contributed by atoms with Crippen LogP contribution in [0, 0.1) is 0 Å². The zero-order valence-corrected chi connectivity index (χ0v) is 13.8. The van der Waals surface area contributed by atoms with Crippen molar-refractivity contribution in [1.29, 1.82) is 0 Å². The summed E-state index contributed by atoms with van der Waals surface area (Å²) in [5.74, 6) is -0.131. The van der Waals surface area contributed by atoms with Crippen LogP contribution in [0.3, 0.4) is 0 Å². The minimum Gasteiger partial charge on any atom is -0.353 e. The molecule has 0 radical (unpaired) electrons. The first-order valence-electron chi connectivity index (χ1n) is 8.40. The van der Waals surface area contributed by atoms with Gasteiger partial charge in [-0.1, -0.05) is 48.5 Å². The van der Waals surface area contributed by atoms with Gasteiger partial charge in [0.25, 0.3) is 0 Å². The Bertz CT molecular complexity index is 931. The summed E-state index contributed by atoms with van der Waals surface area (Å²) in [5.41, 5.74) is 3.11. The van der Waals surface area contributed by atoms with Crippen LogP contribution in [-0.2, 0) is 16.1 Å². The molecule has 2 heterocycles. The number of amides is 2. The van der Waals surface area contributed by atoms with Gasteiger partial charge in [0.15, 0.2) is 0 Å². The lowest BCUT2D eigenvalue weighted by Crippen LogP contribution is -2.50. The van der Waals surface area contributed by atoms with Gasteiger partial charge in [-0.2, -0.15) is 0 Å². The standard InChI is InChI=1S/C20H19N3O2/c24-19-13-22(11-10-21-19)20(25)14-23-17-9-5-4-8-16(17)12-18(23)15-6-2-1-3-7-15/h1-9,12H,10-11,13-14H2,(H,21,24). The summed E-state index contributed by atoms with van der Waals surface area (Å²) < 4.78 is 2.04. The molecule has 1 aliphatic heterocycles. The average molecular weight is 333 g/mol. The average Bonchev–Trinajstić information content (AvgIpc) is 3.01. The summed E-state index contributed by atoms with van der Waals surface area (Å²) in [5, 5.41) is 3.86. The number of benzene rings is 2. The number of hydrogen-bond donors (Lipinski definition) is 1. The molecular formula is C20H19N3O2. The van der Waals surface area contributed by atoms with Crippen LogP contribution in [0.15, 0.2) is 60.7 Å². The Hall–Kier alpha value is -3.08. The molecule has 5 heteroatoms. The van der Waals surface area contributed by atoms with Crippen LogP contribution < -0.4 is 5.32 Å². The molecule has 0 saturated carbocycles. The number of carbonyl (C=O) groups is 2. The smallest absolute Gasteiger partial charge is 0.243 e. The number of nitrogens with zero attached hydrogens (tertiary/aromatic N) is 2. The van der Waals surface area contributed by atoms with Crippen LogP contribution in [0.2, 0.25) is 0 Å². The number of nitrogens with one attached hydrogen (secondary N) is 1. The van der Waals surface area contributed by atoms with Crippen molar-refractivity contribution in [3.05, 3.63) is 60.7 Å². The van der Waals surface area contributed by atoms with E-state index in [1.807, 2.05) is 53.1 Å². The Labute approximate surface area is 145 Å². The van der Waals surface area contributed by atoms with E-state index in [0.717, 1.165) is 22.2 Å². The molecule has 0 unspecified atom stereocenters. The molecule has 3 aromatic rings. The maximum absolute atomic E-state index is 12.8. The van der Waals surface area contributed by atoms with Crippen LogP contribution in [0.25, 0.3) is 22.2 Å². The van der Waals surface area contributed by atoms with Crippen LogP contribution in [0.1, 0.15) is 0 Å². The van der Waals surface area contributed by atoms with Crippen molar-refractivity contribution in [3.63, 3.8) is 0 Å². The molecule has 2 aromatic carbocycles. The molecule has 0 aliphatic carbocycles. The first kappa shape index (κ1) is 15.4. The van der Waals surface area contributed by atoms with Gasteiger partial charge < -0.3 is 14.8 Å².